The molecule has 0 fully saturated rings. The fourth-order valence-electron chi connectivity index (χ4n) is 1.79. The van der Waals surface area contributed by atoms with E-state index in [2.05, 4.69) is 10.3 Å². The number of hydrogen-bond donors (Lipinski definition) is 1. The molecule has 0 aliphatic carbocycles. The van der Waals surface area contributed by atoms with Crippen LogP contribution in [0.15, 0.2) is 24.4 Å². The van der Waals surface area contributed by atoms with Crippen molar-refractivity contribution in [2.24, 2.45) is 0 Å². The maximum absolute atomic E-state index is 8.97. The normalized spacial score (nSPS) is 14.3. The van der Waals surface area contributed by atoms with Crippen molar-refractivity contribution >= 4 is 0 Å². The molecule has 0 atom stereocenters. The number of ether oxygens (including phenoxy) is 2. The lowest BCUT2D eigenvalue weighted by atomic mass is 10.3. The highest BCUT2D eigenvalue weighted by Crippen LogP contribution is 2.31. The van der Waals surface area contributed by atoms with Gasteiger partial charge in [-0.15, -0.1) is 5.10 Å². The van der Waals surface area contributed by atoms with E-state index in [1.807, 2.05) is 18.2 Å². The molecule has 0 saturated carbocycles. The first-order chi connectivity index (χ1) is 8.86. The maximum atomic E-state index is 8.97. The highest BCUT2D eigenvalue weighted by molar-refractivity contribution is 5.48. The first-order valence-corrected chi connectivity index (χ1v) is 5.79. The fourth-order valence-corrected chi connectivity index (χ4v) is 1.79. The van der Waals surface area contributed by atoms with E-state index >= 15 is 0 Å². The van der Waals surface area contributed by atoms with E-state index in [4.69, 9.17) is 14.6 Å². The summed E-state index contributed by atoms with van der Waals surface area (Å²) in [5.74, 6) is 1.46. The lowest BCUT2D eigenvalue weighted by Gasteiger charge is -2.08. The zero-order valence-corrected chi connectivity index (χ0v) is 9.74. The van der Waals surface area contributed by atoms with Gasteiger partial charge in [-0.05, 0) is 12.1 Å². The highest BCUT2D eigenvalue weighted by atomic mass is 16.5. The van der Waals surface area contributed by atoms with Crippen LogP contribution in [0.5, 0.6) is 11.5 Å². The summed E-state index contributed by atoms with van der Waals surface area (Å²) in [6, 6.07) is 5.59. The molecule has 6 nitrogen and oxygen atoms in total. The van der Waals surface area contributed by atoms with Gasteiger partial charge in [-0.3, -0.25) is 0 Å². The van der Waals surface area contributed by atoms with Crippen LogP contribution in [0.2, 0.25) is 0 Å². The molecular weight excluding hydrogens is 234 g/mol. The van der Waals surface area contributed by atoms with Crippen molar-refractivity contribution in [3.8, 4) is 17.2 Å². The van der Waals surface area contributed by atoms with Crippen molar-refractivity contribution in [3.63, 3.8) is 0 Å². The number of aliphatic hydroxyl groups excluding tert-OH is 1. The number of aromatic nitrogens is 3. The van der Waals surface area contributed by atoms with Crippen LogP contribution in [0.1, 0.15) is 12.1 Å². The topological polar surface area (TPSA) is 69.4 Å². The molecule has 1 N–H and O–H groups in total. The molecule has 0 amide bonds. The minimum atomic E-state index is -0.120. The van der Waals surface area contributed by atoms with Crippen molar-refractivity contribution in [1.82, 2.24) is 15.0 Å². The molecule has 18 heavy (non-hydrogen) atoms. The van der Waals surface area contributed by atoms with Crippen LogP contribution < -0.4 is 9.47 Å². The van der Waals surface area contributed by atoms with Crippen LogP contribution in [-0.4, -0.2) is 33.3 Å². The van der Waals surface area contributed by atoms with E-state index in [1.165, 1.54) is 0 Å². The molecule has 0 unspecified atom stereocenters. The van der Waals surface area contributed by atoms with Gasteiger partial charge in [0.1, 0.15) is 5.69 Å². The third kappa shape index (κ3) is 2.02. The molecule has 2 heterocycles. The second-order valence-electron chi connectivity index (χ2n) is 3.99. The summed E-state index contributed by atoms with van der Waals surface area (Å²) in [5, 5.41) is 16.7. The Hall–Kier alpha value is -2.08. The zero-order valence-electron chi connectivity index (χ0n) is 9.74. The minimum absolute atomic E-state index is 0.120. The molecule has 0 saturated heterocycles. The Bertz CT molecular complexity index is 553. The number of benzene rings is 1. The van der Waals surface area contributed by atoms with Crippen molar-refractivity contribution in [1.29, 1.82) is 0 Å². The first kappa shape index (κ1) is 11.0. The number of hydrogen-bond acceptors (Lipinski definition) is 5. The molecular formula is C12H13N3O3. The molecule has 1 aromatic heterocycles. The Kier molecular flexibility index (Phi) is 2.85. The summed E-state index contributed by atoms with van der Waals surface area (Å²) < 4.78 is 12.8. The SMILES string of the molecule is OCc1cn(-c2ccc3c(c2)OCCCO3)nn1. The quantitative estimate of drug-likeness (QED) is 0.854. The molecule has 2 aromatic rings. The van der Waals surface area contributed by atoms with Crippen LogP contribution in [0, 0.1) is 0 Å². The number of nitrogens with zero attached hydrogens (tertiary/aromatic N) is 3. The highest BCUT2D eigenvalue weighted by Gasteiger charge is 2.12. The second kappa shape index (κ2) is 4.66. The van der Waals surface area contributed by atoms with E-state index in [0.717, 1.165) is 17.9 Å². The predicted octanol–water partition coefficient (Wildman–Crippen LogP) is 0.921. The summed E-state index contributed by atoms with van der Waals surface area (Å²) >= 11 is 0. The first-order valence-electron chi connectivity index (χ1n) is 5.79. The van der Waals surface area contributed by atoms with Gasteiger partial charge in [0.05, 0.1) is 31.7 Å². The van der Waals surface area contributed by atoms with Gasteiger partial charge >= 0.3 is 0 Å². The van der Waals surface area contributed by atoms with Crippen molar-refractivity contribution in [2.45, 2.75) is 13.0 Å². The molecule has 3 rings (SSSR count). The van der Waals surface area contributed by atoms with E-state index in [-0.39, 0.29) is 6.61 Å². The smallest absolute Gasteiger partial charge is 0.163 e. The monoisotopic (exact) mass is 247 g/mol. The Balaban J connectivity index is 1.95. The second-order valence-corrected chi connectivity index (χ2v) is 3.99. The molecule has 0 spiro atoms. The third-order valence-electron chi connectivity index (χ3n) is 2.70. The van der Waals surface area contributed by atoms with E-state index in [1.54, 1.807) is 10.9 Å². The van der Waals surface area contributed by atoms with Crippen molar-refractivity contribution in [2.75, 3.05) is 13.2 Å². The zero-order chi connectivity index (χ0) is 12.4. The standard InChI is InChI=1S/C12H13N3O3/c16-8-9-7-15(14-13-9)10-2-3-11-12(6-10)18-5-1-4-17-11/h2-3,6-7,16H,1,4-5,8H2. The summed E-state index contributed by atoms with van der Waals surface area (Å²) in [4.78, 5) is 0. The van der Waals surface area contributed by atoms with Gasteiger partial charge < -0.3 is 14.6 Å². The number of aliphatic hydroxyl groups is 1. The Labute approximate surface area is 104 Å². The minimum Gasteiger partial charge on any atom is -0.490 e. The summed E-state index contributed by atoms with van der Waals surface area (Å²) in [5.41, 5.74) is 1.36. The van der Waals surface area contributed by atoms with Crippen LogP contribution >= 0.6 is 0 Å². The number of fused-ring (bicyclic) bond motifs is 1. The van der Waals surface area contributed by atoms with Gasteiger partial charge in [0.25, 0.3) is 0 Å². The van der Waals surface area contributed by atoms with Gasteiger partial charge in [0.2, 0.25) is 0 Å². The van der Waals surface area contributed by atoms with Crippen LogP contribution in [0.25, 0.3) is 5.69 Å². The van der Waals surface area contributed by atoms with E-state index in [0.29, 0.717) is 24.7 Å². The Morgan fingerprint density at radius 1 is 1.22 bits per heavy atom. The fraction of sp³-hybridized carbons (Fsp3) is 0.333. The average Bonchev–Trinajstić information content (AvgIpc) is 2.76. The maximum Gasteiger partial charge on any atom is 0.163 e. The molecule has 0 radical (unpaired) electrons. The van der Waals surface area contributed by atoms with E-state index in [9.17, 15) is 0 Å². The lowest BCUT2D eigenvalue weighted by Crippen LogP contribution is -1.98. The van der Waals surface area contributed by atoms with Gasteiger partial charge in [0, 0.05) is 12.5 Å². The van der Waals surface area contributed by atoms with Crippen molar-refractivity contribution < 1.29 is 14.6 Å². The molecule has 0 bridgehead atoms. The van der Waals surface area contributed by atoms with Gasteiger partial charge in [-0.1, -0.05) is 5.21 Å². The largest absolute Gasteiger partial charge is 0.490 e. The molecule has 1 aromatic carbocycles. The van der Waals surface area contributed by atoms with Gasteiger partial charge in [0.15, 0.2) is 11.5 Å². The Morgan fingerprint density at radius 3 is 2.83 bits per heavy atom. The van der Waals surface area contributed by atoms with Crippen LogP contribution in [-0.2, 0) is 6.61 Å². The van der Waals surface area contributed by atoms with Crippen molar-refractivity contribution in [3.05, 3.63) is 30.1 Å². The molecule has 1 aliphatic heterocycles. The molecule has 94 valence electrons. The summed E-state index contributed by atoms with van der Waals surface area (Å²) in [6.45, 7) is 1.20. The molecule has 6 heteroatoms. The predicted molar refractivity (Wildman–Crippen MR) is 62.9 cm³/mol. The third-order valence-corrected chi connectivity index (χ3v) is 2.70. The molecule has 1 aliphatic rings. The Morgan fingerprint density at radius 2 is 2.06 bits per heavy atom. The lowest BCUT2D eigenvalue weighted by molar-refractivity contribution is 0.276. The van der Waals surface area contributed by atoms with Gasteiger partial charge in [-0.2, -0.15) is 0 Å². The average molecular weight is 247 g/mol. The van der Waals surface area contributed by atoms with E-state index < -0.39 is 0 Å². The summed E-state index contributed by atoms with van der Waals surface area (Å²) in [6.07, 6.45) is 2.56. The van der Waals surface area contributed by atoms with Crippen LogP contribution in [0.3, 0.4) is 0 Å². The van der Waals surface area contributed by atoms with Crippen LogP contribution in [0.4, 0.5) is 0 Å². The summed E-state index contributed by atoms with van der Waals surface area (Å²) in [7, 11) is 0. The van der Waals surface area contributed by atoms with Gasteiger partial charge in [-0.25, -0.2) is 4.68 Å². The number of rotatable bonds is 2.